The van der Waals surface area contributed by atoms with E-state index in [0.717, 1.165) is 51.0 Å². The van der Waals surface area contributed by atoms with Crippen LogP contribution in [0.5, 0.6) is 0 Å². The molecule has 0 saturated heterocycles. The summed E-state index contributed by atoms with van der Waals surface area (Å²) in [6.07, 6.45) is 4.16. The number of thiazole rings is 1. The summed E-state index contributed by atoms with van der Waals surface area (Å²) < 4.78 is 0. The van der Waals surface area contributed by atoms with Gasteiger partial charge < -0.3 is 5.11 Å². The Bertz CT molecular complexity index is 590. The number of nitrogens with zero attached hydrogens (tertiary/aromatic N) is 2. The lowest BCUT2D eigenvalue weighted by molar-refractivity contribution is 0.00473. The highest BCUT2D eigenvalue weighted by Crippen LogP contribution is 2.31. The average Bonchev–Trinajstić information content (AvgIpc) is 3.10. The molecule has 3 rings (SSSR count). The topological polar surface area (TPSA) is 36.4 Å². The smallest absolute Gasteiger partial charge is 0.0798 e. The molecule has 1 aliphatic rings. The first-order valence-electron chi connectivity index (χ1n) is 8.02. The van der Waals surface area contributed by atoms with E-state index in [1.807, 2.05) is 11.6 Å². The van der Waals surface area contributed by atoms with Gasteiger partial charge in [0.2, 0.25) is 0 Å². The SMILES string of the molecule is Cc1ncsc1CN(Cc1ccccc1)CC1(O)CCCC1. The second-order valence-corrected chi connectivity index (χ2v) is 7.36. The Morgan fingerprint density at radius 2 is 1.91 bits per heavy atom. The summed E-state index contributed by atoms with van der Waals surface area (Å²) in [4.78, 5) is 8.03. The summed E-state index contributed by atoms with van der Waals surface area (Å²) in [6.45, 7) is 4.56. The Kier molecular flexibility index (Phi) is 4.91. The molecule has 2 aromatic rings. The number of aryl methyl sites for hydroxylation is 1. The Morgan fingerprint density at radius 3 is 2.55 bits per heavy atom. The van der Waals surface area contributed by atoms with E-state index in [4.69, 9.17) is 0 Å². The molecular formula is C18H24N2OS. The van der Waals surface area contributed by atoms with Crippen LogP contribution in [0.25, 0.3) is 0 Å². The Hall–Kier alpha value is -1.23. The number of hydrogen-bond donors (Lipinski definition) is 1. The molecule has 1 aromatic carbocycles. The van der Waals surface area contributed by atoms with Crippen LogP contribution in [0, 0.1) is 6.92 Å². The molecule has 1 heterocycles. The fourth-order valence-electron chi connectivity index (χ4n) is 3.30. The van der Waals surface area contributed by atoms with Gasteiger partial charge in [-0.3, -0.25) is 4.90 Å². The molecule has 3 nitrogen and oxygen atoms in total. The van der Waals surface area contributed by atoms with E-state index in [1.54, 1.807) is 11.3 Å². The predicted octanol–water partition coefficient (Wildman–Crippen LogP) is 3.76. The molecule has 1 N–H and O–H groups in total. The minimum atomic E-state index is -0.507. The maximum absolute atomic E-state index is 10.8. The van der Waals surface area contributed by atoms with E-state index in [-0.39, 0.29) is 0 Å². The van der Waals surface area contributed by atoms with Crippen LogP contribution in [0.2, 0.25) is 0 Å². The van der Waals surface area contributed by atoms with Crippen molar-refractivity contribution in [1.29, 1.82) is 0 Å². The second-order valence-electron chi connectivity index (χ2n) is 6.42. The quantitative estimate of drug-likeness (QED) is 0.881. The molecule has 0 unspecified atom stereocenters. The van der Waals surface area contributed by atoms with Crippen molar-refractivity contribution in [3.05, 3.63) is 52.0 Å². The van der Waals surface area contributed by atoms with Crippen molar-refractivity contribution in [3.63, 3.8) is 0 Å². The number of aliphatic hydroxyl groups is 1. The van der Waals surface area contributed by atoms with Crippen LogP contribution < -0.4 is 0 Å². The Labute approximate surface area is 136 Å². The maximum Gasteiger partial charge on any atom is 0.0798 e. The van der Waals surface area contributed by atoms with Crippen LogP contribution in [0.3, 0.4) is 0 Å². The molecule has 4 heteroatoms. The monoisotopic (exact) mass is 316 g/mol. The number of aromatic nitrogens is 1. The molecule has 0 bridgehead atoms. The zero-order valence-electron chi connectivity index (χ0n) is 13.2. The first-order chi connectivity index (χ1) is 10.6. The zero-order valence-corrected chi connectivity index (χ0v) is 14.0. The lowest BCUT2D eigenvalue weighted by Gasteiger charge is -2.31. The summed E-state index contributed by atoms with van der Waals surface area (Å²) in [5, 5.41) is 10.8. The van der Waals surface area contributed by atoms with Gasteiger partial charge in [-0.15, -0.1) is 11.3 Å². The van der Waals surface area contributed by atoms with E-state index < -0.39 is 5.60 Å². The van der Waals surface area contributed by atoms with E-state index >= 15 is 0 Å². The molecule has 0 amide bonds. The number of hydrogen-bond acceptors (Lipinski definition) is 4. The first-order valence-corrected chi connectivity index (χ1v) is 8.90. The van der Waals surface area contributed by atoms with Crippen molar-refractivity contribution in [3.8, 4) is 0 Å². The fraction of sp³-hybridized carbons (Fsp3) is 0.500. The molecule has 1 saturated carbocycles. The second kappa shape index (κ2) is 6.90. The third-order valence-corrected chi connectivity index (χ3v) is 5.43. The van der Waals surface area contributed by atoms with Gasteiger partial charge >= 0.3 is 0 Å². The van der Waals surface area contributed by atoms with Crippen molar-refractivity contribution in [2.24, 2.45) is 0 Å². The molecule has 0 atom stereocenters. The van der Waals surface area contributed by atoms with Gasteiger partial charge in [0.25, 0.3) is 0 Å². The van der Waals surface area contributed by atoms with Crippen LogP contribution in [-0.2, 0) is 13.1 Å². The van der Waals surface area contributed by atoms with Gasteiger partial charge in [-0.2, -0.15) is 0 Å². The van der Waals surface area contributed by atoms with Crippen LogP contribution in [-0.4, -0.2) is 27.1 Å². The summed E-state index contributed by atoms with van der Waals surface area (Å²) >= 11 is 1.71. The van der Waals surface area contributed by atoms with Gasteiger partial charge in [-0.25, -0.2) is 4.98 Å². The summed E-state index contributed by atoms with van der Waals surface area (Å²) in [6, 6.07) is 10.5. The highest BCUT2D eigenvalue weighted by atomic mass is 32.1. The van der Waals surface area contributed by atoms with Crippen LogP contribution in [0.1, 0.15) is 41.8 Å². The van der Waals surface area contributed by atoms with Crippen LogP contribution in [0.15, 0.2) is 35.8 Å². The molecule has 1 aliphatic carbocycles. The molecule has 0 aliphatic heterocycles. The van der Waals surface area contributed by atoms with Crippen molar-refractivity contribution in [1.82, 2.24) is 9.88 Å². The third kappa shape index (κ3) is 3.94. The average molecular weight is 316 g/mol. The standard InChI is InChI=1S/C18H24N2OS/c1-15-17(22-14-19-15)12-20(11-16-7-3-2-4-8-16)13-18(21)9-5-6-10-18/h2-4,7-8,14,21H,5-6,9-13H2,1H3. The Morgan fingerprint density at radius 1 is 1.18 bits per heavy atom. The lowest BCUT2D eigenvalue weighted by Crippen LogP contribution is -2.40. The van der Waals surface area contributed by atoms with E-state index in [2.05, 4.69) is 41.1 Å². The molecule has 0 spiro atoms. The number of benzene rings is 1. The molecule has 1 fully saturated rings. The van der Waals surface area contributed by atoms with Crippen LogP contribution in [0.4, 0.5) is 0 Å². The first kappa shape index (κ1) is 15.7. The molecular weight excluding hydrogens is 292 g/mol. The summed E-state index contributed by atoms with van der Waals surface area (Å²) in [5.74, 6) is 0. The maximum atomic E-state index is 10.8. The lowest BCUT2D eigenvalue weighted by atomic mass is 10.0. The normalized spacial score (nSPS) is 17.2. The molecule has 22 heavy (non-hydrogen) atoms. The van der Waals surface area contributed by atoms with E-state index in [1.165, 1.54) is 10.4 Å². The van der Waals surface area contributed by atoms with E-state index in [0.29, 0.717) is 0 Å². The largest absolute Gasteiger partial charge is 0.389 e. The van der Waals surface area contributed by atoms with Crippen molar-refractivity contribution >= 4 is 11.3 Å². The summed E-state index contributed by atoms with van der Waals surface area (Å²) in [5.41, 5.74) is 3.82. The molecule has 118 valence electrons. The van der Waals surface area contributed by atoms with Gasteiger partial charge in [0.1, 0.15) is 0 Å². The minimum Gasteiger partial charge on any atom is -0.389 e. The van der Waals surface area contributed by atoms with Gasteiger partial charge in [0.05, 0.1) is 16.8 Å². The number of rotatable bonds is 6. The highest BCUT2D eigenvalue weighted by Gasteiger charge is 2.33. The third-order valence-electron chi connectivity index (χ3n) is 4.51. The zero-order chi connectivity index (χ0) is 15.4. The van der Waals surface area contributed by atoms with Crippen molar-refractivity contribution < 1.29 is 5.11 Å². The van der Waals surface area contributed by atoms with Gasteiger partial charge in [-0.1, -0.05) is 43.2 Å². The van der Waals surface area contributed by atoms with Crippen LogP contribution >= 0.6 is 11.3 Å². The van der Waals surface area contributed by atoms with Gasteiger partial charge in [-0.05, 0) is 25.3 Å². The Balaban J connectivity index is 1.74. The predicted molar refractivity (Wildman–Crippen MR) is 90.8 cm³/mol. The summed E-state index contributed by atoms with van der Waals surface area (Å²) in [7, 11) is 0. The van der Waals surface area contributed by atoms with E-state index in [9.17, 15) is 5.11 Å². The highest BCUT2D eigenvalue weighted by molar-refractivity contribution is 7.09. The van der Waals surface area contributed by atoms with Crippen molar-refractivity contribution in [2.75, 3.05) is 6.54 Å². The van der Waals surface area contributed by atoms with Gasteiger partial charge in [0.15, 0.2) is 0 Å². The van der Waals surface area contributed by atoms with Crippen molar-refractivity contribution in [2.45, 2.75) is 51.3 Å². The van der Waals surface area contributed by atoms with Gasteiger partial charge in [0, 0.05) is 24.5 Å². The molecule has 0 radical (unpaired) electrons. The molecule has 1 aromatic heterocycles. The minimum absolute atomic E-state index is 0.507. The fourth-order valence-corrected chi connectivity index (χ4v) is 4.12.